The first kappa shape index (κ1) is 43.0. The number of pyridine rings is 2. The molecule has 310 valence electrons. The minimum Gasteiger partial charge on any atom is -0.502 e. The average Bonchev–Trinajstić information content (AvgIpc) is 3.65. The molecule has 0 unspecified atom stereocenters. The van der Waals surface area contributed by atoms with Gasteiger partial charge in [0.05, 0.1) is 0 Å². The van der Waals surface area contributed by atoms with E-state index in [-0.39, 0.29) is 41.5 Å². The molecule has 8 nitrogen and oxygen atoms in total. The Kier molecular flexibility index (Phi) is 13.1. The minimum absolute atomic E-state index is 0. The summed E-state index contributed by atoms with van der Waals surface area (Å²) in [5, 5.41) is 1.83. The molecule has 10 aromatic rings. The number of hydrogen-bond donors (Lipinski definition) is 0. The van der Waals surface area contributed by atoms with E-state index in [1.807, 2.05) is 102 Å². The summed E-state index contributed by atoms with van der Waals surface area (Å²) < 4.78 is 15.6. The fraction of sp³-hybridized carbons (Fsp3) is 0.0755. The van der Waals surface area contributed by atoms with E-state index in [0.717, 1.165) is 79.5 Å². The summed E-state index contributed by atoms with van der Waals surface area (Å²) in [5.74, 6) is 2.56. The Morgan fingerprint density at radius 3 is 1.37 bits per heavy atom. The molecule has 0 N–H and O–H groups in total. The molecule has 0 aliphatic heterocycles. The second-order valence-corrected chi connectivity index (χ2v) is 14.3. The molecule has 0 amide bonds. The number of benzene rings is 6. The van der Waals surface area contributed by atoms with Gasteiger partial charge in [-0.3, -0.25) is 0 Å². The Bertz CT molecular complexity index is 2960. The fourth-order valence-corrected chi connectivity index (χ4v) is 7.81. The van der Waals surface area contributed by atoms with E-state index in [0.29, 0.717) is 40.0 Å². The van der Waals surface area contributed by atoms with Gasteiger partial charge in [0, 0.05) is 35.4 Å². The van der Waals surface area contributed by atoms with Crippen molar-refractivity contribution in [2.75, 3.05) is 0 Å². The summed E-state index contributed by atoms with van der Waals surface area (Å²) in [4.78, 5) is 22.5. The zero-order valence-corrected chi connectivity index (χ0v) is 37.9. The predicted octanol–water partition coefficient (Wildman–Crippen LogP) is 12.3. The molecule has 0 aliphatic rings. The monoisotopic (exact) mass is 1090 g/mol. The molecule has 4 heterocycles. The van der Waals surface area contributed by atoms with Crippen molar-refractivity contribution in [2.45, 2.75) is 26.7 Å². The van der Waals surface area contributed by atoms with E-state index in [9.17, 15) is 0 Å². The van der Waals surface area contributed by atoms with Crippen molar-refractivity contribution in [3.63, 3.8) is 0 Å². The zero-order chi connectivity index (χ0) is 41.1. The summed E-state index contributed by atoms with van der Waals surface area (Å²) in [6.07, 6.45) is 8.10. The molecule has 10 heteroatoms. The maximum Gasteiger partial charge on any atom is 2.00 e. The van der Waals surface area contributed by atoms with Crippen LogP contribution in [0.2, 0.25) is 0 Å². The fourth-order valence-electron chi connectivity index (χ4n) is 7.81. The number of ether oxygens (including phenoxy) is 2. The summed E-state index contributed by atoms with van der Waals surface area (Å²) in [6, 6.07) is 58.8. The van der Waals surface area contributed by atoms with Crippen LogP contribution in [-0.2, 0) is 54.3 Å². The predicted molar refractivity (Wildman–Crippen MR) is 239 cm³/mol. The Morgan fingerprint density at radius 2 is 0.952 bits per heavy atom. The molecule has 0 saturated heterocycles. The van der Waals surface area contributed by atoms with Gasteiger partial charge in [-0.25, -0.2) is 15.0 Å². The Labute approximate surface area is 394 Å². The van der Waals surface area contributed by atoms with Gasteiger partial charge in [0.15, 0.2) is 0 Å². The van der Waals surface area contributed by atoms with E-state index in [4.69, 9.17) is 9.47 Å². The molecule has 4 aromatic heterocycles. The van der Waals surface area contributed by atoms with Gasteiger partial charge < -0.3 is 24.0 Å². The van der Waals surface area contributed by atoms with E-state index < -0.39 is 0 Å². The van der Waals surface area contributed by atoms with Gasteiger partial charge in [-0.05, 0) is 36.4 Å². The van der Waals surface area contributed by atoms with Crippen molar-refractivity contribution in [2.24, 2.45) is 0 Å². The van der Waals surface area contributed by atoms with E-state index in [1.54, 1.807) is 12.4 Å². The van der Waals surface area contributed by atoms with Crippen LogP contribution in [0.4, 0.5) is 0 Å². The molecule has 10 rings (SSSR count). The second kappa shape index (κ2) is 19.2. The molecule has 0 atom stereocenters. The summed E-state index contributed by atoms with van der Waals surface area (Å²) >= 11 is 0. The van der Waals surface area contributed by atoms with Gasteiger partial charge in [0.25, 0.3) is 0 Å². The standard InChI is InChI=1S/C53H36N6O2.Pd.Pt/c1-3-35-27-39(45-19-11-13-25-55-45)29-49(51(35)37-15-7-5-8-16-37)60-41-21-23-43-44-24-22-42(32-48(44)59(47(43)31-41)53-57-33-54-34-58-53)61-50-30-40(46-20-12-14-26-56-46)28-36(4-2)52(50)38-17-9-6-10-18-38;;/h5-28,33-34H,3-4H2,1-2H3;;/q-4;2*+2. The van der Waals surface area contributed by atoms with Gasteiger partial charge in [0.2, 0.25) is 5.95 Å². The van der Waals surface area contributed by atoms with Crippen molar-refractivity contribution in [3.8, 4) is 73.7 Å². The quantitative estimate of drug-likeness (QED) is 0.0942. The molecule has 0 spiro atoms. The maximum atomic E-state index is 6.84. The number of aryl methyl sites for hydroxylation is 2. The summed E-state index contributed by atoms with van der Waals surface area (Å²) in [7, 11) is 0. The van der Waals surface area contributed by atoms with E-state index in [1.165, 1.54) is 12.7 Å². The van der Waals surface area contributed by atoms with Crippen LogP contribution in [0, 0.1) is 24.3 Å². The Balaban J connectivity index is 0.00000272. The van der Waals surface area contributed by atoms with Gasteiger partial charge >= 0.3 is 41.5 Å². The first-order chi connectivity index (χ1) is 30.1. The van der Waals surface area contributed by atoms with Gasteiger partial charge in [-0.15, -0.1) is 58.7 Å². The molecule has 0 radical (unpaired) electrons. The van der Waals surface area contributed by atoms with Gasteiger partial charge in [0.1, 0.15) is 12.7 Å². The van der Waals surface area contributed by atoms with Crippen molar-refractivity contribution in [1.82, 2.24) is 29.5 Å². The minimum atomic E-state index is 0. The molecular formula is C53H36N6O2PdPt. The summed E-state index contributed by atoms with van der Waals surface area (Å²) in [6.45, 7) is 4.29. The molecule has 0 bridgehead atoms. The average molecular weight is 1090 g/mol. The second-order valence-electron chi connectivity index (χ2n) is 14.3. The van der Waals surface area contributed by atoms with Crippen molar-refractivity contribution < 1.29 is 51.0 Å². The number of aromatic nitrogens is 6. The Hall–Kier alpha value is -6.62. The van der Waals surface area contributed by atoms with Crippen molar-refractivity contribution in [1.29, 1.82) is 0 Å². The van der Waals surface area contributed by atoms with Crippen LogP contribution in [-0.4, -0.2) is 29.5 Å². The van der Waals surface area contributed by atoms with Crippen LogP contribution in [0.3, 0.4) is 0 Å². The number of hydrogen-bond acceptors (Lipinski definition) is 7. The first-order valence-corrected chi connectivity index (χ1v) is 20.2. The maximum absolute atomic E-state index is 6.84. The zero-order valence-electron chi connectivity index (χ0n) is 34.1. The van der Waals surface area contributed by atoms with E-state index in [2.05, 4.69) is 99.4 Å². The third kappa shape index (κ3) is 8.61. The largest absolute Gasteiger partial charge is 2.00 e. The number of fused-ring (bicyclic) bond motifs is 3. The van der Waals surface area contributed by atoms with Crippen LogP contribution < -0.4 is 9.47 Å². The summed E-state index contributed by atoms with van der Waals surface area (Å²) in [5.41, 5.74) is 11.0. The van der Waals surface area contributed by atoms with Crippen LogP contribution in [0.15, 0.2) is 159 Å². The number of nitrogens with zero attached hydrogens (tertiary/aromatic N) is 6. The molecule has 0 saturated carbocycles. The van der Waals surface area contributed by atoms with Crippen LogP contribution in [0.1, 0.15) is 25.0 Å². The molecule has 63 heavy (non-hydrogen) atoms. The van der Waals surface area contributed by atoms with Gasteiger partial charge in [-0.2, -0.15) is 22.9 Å². The van der Waals surface area contributed by atoms with E-state index >= 15 is 0 Å². The van der Waals surface area contributed by atoms with Crippen LogP contribution in [0.5, 0.6) is 23.0 Å². The molecule has 0 aliphatic carbocycles. The van der Waals surface area contributed by atoms with Crippen molar-refractivity contribution >= 4 is 21.8 Å². The van der Waals surface area contributed by atoms with Crippen molar-refractivity contribution in [3.05, 3.63) is 194 Å². The topological polar surface area (TPSA) is 87.8 Å². The molecule has 0 fully saturated rings. The van der Waals surface area contributed by atoms with Crippen LogP contribution >= 0.6 is 0 Å². The molecule has 6 aromatic carbocycles. The SMILES string of the molecule is CCc1cc(-c2ccccn2)[c-]c(Oc2[c-]c3c(cc2)c2ccc(Oc4[c-]c(-c5ccccn5)cc(CC)c4-c4ccccc4)[c-]c2n3-c2ncncn2)c1-c1ccccc1.[Pd+2].[Pt+2]. The third-order valence-corrected chi connectivity index (χ3v) is 10.6. The smallest absolute Gasteiger partial charge is 0.502 e. The molecular weight excluding hydrogens is 1050 g/mol. The third-order valence-electron chi connectivity index (χ3n) is 10.6. The van der Waals surface area contributed by atoms with Gasteiger partial charge in [-0.1, -0.05) is 144 Å². The normalized spacial score (nSPS) is 10.9. The van der Waals surface area contributed by atoms with Crippen LogP contribution in [0.25, 0.3) is 72.5 Å². The first-order valence-electron chi connectivity index (χ1n) is 20.2. The number of rotatable bonds is 11. The Morgan fingerprint density at radius 1 is 0.508 bits per heavy atom.